The predicted octanol–water partition coefficient (Wildman–Crippen LogP) is 5.80. The van der Waals surface area contributed by atoms with E-state index in [1.54, 1.807) is 12.1 Å². The third-order valence-corrected chi connectivity index (χ3v) is 6.01. The van der Waals surface area contributed by atoms with Gasteiger partial charge in [-0.3, -0.25) is 14.9 Å². The third kappa shape index (κ3) is 7.99. The molecule has 1 aromatic rings. The Morgan fingerprint density at radius 2 is 2.08 bits per heavy atom. The molecular formula is C19H29NO4S2. The van der Waals surface area contributed by atoms with Gasteiger partial charge in [0.15, 0.2) is 0 Å². The molecule has 1 atom stereocenters. The molecule has 0 heterocycles. The predicted molar refractivity (Wildman–Crippen MR) is 109 cm³/mol. The Labute approximate surface area is 164 Å². The second kappa shape index (κ2) is 12.2. The Bertz CT molecular complexity index is 593. The van der Waals surface area contributed by atoms with Crippen LogP contribution in [0, 0.1) is 22.0 Å². The lowest BCUT2D eigenvalue weighted by Gasteiger charge is -2.20. The first-order chi connectivity index (χ1) is 12.4. The minimum Gasteiger partial charge on any atom is -0.465 e. The van der Waals surface area contributed by atoms with Crippen LogP contribution in [0.4, 0.5) is 5.69 Å². The molecule has 0 fully saturated rings. The molecule has 0 aliphatic rings. The van der Waals surface area contributed by atoms with E-state index in [1.165, 1.54) is 29.6 Å². The second-order valence-corrected chi connectivity index (χ2v) is 8.53. The normalized spacial score (nSPS) is 12.2. The zero-order valence-corrected chi connectivity index (χ0v) is 17.7. The topological polar surface area (TPSA) is 69.4 Å². The van der Waals surface area contributed by atoms with E-state index in [4.69, 9.17) is 4.74 Å². The molecule has 0 spiro atoms. The van der Waals surface area contributed by atoms with Crippen molar-refractivity contribution in [2.45, 2.75) is 56.2 Å². The van der Waals surface area contributed by atoms with E-state index in [2.05, 4.69) is 20.8 Å². The van der Waals surface area contributed by atoms with Gasteiger partial charge in [0.2, 0.25) is 0 Å². The molecule has 0 aliphatic heterocycles. The van der Waals surface area contributed by atoms with Crippen molar-refractivity contribution in [1.29, 1.82) is 0 Å². The summed E-state index contributed by atoms with van der Waals surface area (Å²) >= 11 is 2.87. The van der Waals surface area contributed by atoms with Gasteiger partial charge in [0.1, 0.15) is 0 Å². The summed E-state index contributed by atoms with van der Waals surface area (Å²) in [7, 11) is 0. The summed E-state index contributed by atoms with van der Waals surface area (Å²) in [6.07, 6.45) is 5.57. The Balaban J connectivity index is 2.42. The summed E-state index contributed by atoms with van der Waals surface area (Å²) < 4.78 is 5.45. The SMILES string of the molecule is CCCCC(COC(=O)CCSc1ccc([N+](=O)[O-])c(SC)c1)C(C)C. The number of nitro groups is 1. The minimum absolute atomic E-state index is 0.119. The smallest absolute Gasteiger partial charge is 0.306 e. The molecule has 1 aromatic carbocycles. The van der Waals surface area contributed by atoms with Crippen LogP contribution in [0.1, 0.15) is 46.5 Å². The highest BCUT2D eigenvalue weighted by atomic mass is 32.2. The van der Waals surface area contributed by atoms with Gasteiger partial charge in [-0.15, -0.1) is 23.5 Å². The first-order valence-electron chi connectivity index (χ1n) is 8.99. The molecule has 0 aliphatic carbocycles. The van der Waals surface area contributed by atoms with E-state index in [1.807, 2.05) is 6.26 Å². The van der Waals surface area contributed by atoms with Crippen LogP contribution < -0.4 is 0 Å². The lowest BCUT2D eigenvalue weighted by molar-refractivity contribution is -0.387. The van der Waals surface area contributed by atoms with E-state index in [9.17, 15) is 14.9 Å². The fourth-order valence-corrected chi connectivity index (χ4v) is 4.04. The minimum atomic E-state index is -0.374. The maximum atomic E-state index is 12.0. The first kappa shape index (κ1) is 22.8. The van der Waals surface area contributed by atoms with E-state index >= 15 is 0 Å². The standard InChI is InChI=1S/C19H29NO4S2/c1-5-6-7-15(14(2)3)13-24-19(21)10-11-26-16-8-9-17(20(22)23)18(12-16)25-4/h8-9,12,14-15H,5-7,10-11,13H2,1-4H3. The van der Waals surface area contributed by atoms with Gasteiger partial charge >= 0.3 is 5.97 Å². The van der Waals surface area contributed by atoms with Gasteiger partial charge in [-0.1, -0.05) is 33.6 Å². The molecule has 0 amide bonds. The quantitative estimate of drug-likeness (QED) is 0.191. The summed E-state index contributed by atoms with van der Waals surface area (Å²) in [6.45, 7) is 7.00. The molecule has 7 heteroatoms. The van der Waals surface area contributed by atoms with Crippen molar-refractivity contribution in [2.24, 2.45) is 11.8 Å². The molecule has 0 saturated heterocycles. The number of unbranched alkanes of at least 4 members (excludes halogenated alkanes) is 1. The van der Waals surface area contributed by atoms with Gasteiger partial charge < -0.3 is 4.74 Å². The van der Waals surface area contributed by atoms with Gasteiger partial charge in [0.05, 0.1) is 22.8 Å². The molecule has 0 saturated carbocycles. The number of esters is 1. The van der Waals surface area contributed by atoms with Crippen molar-refractivity contribution < 1.29 is 14.5 Å². The van der Waals surface area contributed by atoms with Crippen molar-refractivity contribution in [3.8, 4) is 0 Å². The van der Waals surface area contributed by atoms with Crippen LogP contribution in [0.15, 0.2) is 28.0 Å². The first-order valence-corrected chi connectivity index (χ1v) is 11.2. The highest BCUT2D eigenvalue weighted by Gasteiger charge is 2.16. The third-order valence-electron chi connectivity index (χ3n) is 4.25. The number of carbonyl (C=O) groups excluding carboxylic acids is 1. The maximum Gasteiger partial charge on any atom is 0.306 e. The van der Waals surface area contributed by atoms with Gasteiger partial charge in [-0.2, -0.15) is 0 Å². The van der Waals surface area contributed by atoms with Crippen LogP contribution in [0.2, 0.25) is 0 Å². The molecule has 26 heavy (non-hydrogen) atoms. The van der Waals surface area contributed by atoms with Gasteiger partial charge in [-0.25, -0.2) is 0 Å². The Hall–Kier alpha value is -1.21. The molecule has 0 aromatic heterocycles. The van der Waals surface area contributed by atoms with Crippen molar-refractivity contribution >= 4 is 35.2 Å². The Morgan fingerprint density at radius 1 is 1.35 bits per heavy atom. The van der Waals surface area contributed by atoms with Crippen LogP contribution in [-0.2, 0) is 9.53 Å². The van der Waals surface area contributed by atoms with E-state index < -0.39 is 0 Å². The molecule has 1 unspecified atom stereocenters. The number of hydrogen-bond donors (Lipinski definition) is 0. The van der Waals surface area contributed by atoms with Crippen LogP contribution >= 0.6 is 23.5 Å². The molecular weight excluding hydrogens is 370 g/mol. The molecule has 0 bridgehead atoms. The average molecular weight is 400 g/mol. The van der Waals surface area contributed by atoms with Crippen molar-refractivity contribution in [3.63, 3.8) is 0 Å². The number of ether oxygens (including phenoxy) is 1. The van der Waals surface area contributed by atoms with E-state index in [-0.39, 0.29) is 16.6 Å². The Morgan fingerprint density at radius 3 is 2.65 bits per heavy atom. The van der Waals surface area contributed by atoms with Crippen molar-refractivity contribution in [1.82, 2.24) is 0 Å². The largest absolute Gasteiger partial charge is 0.465 e. The zero-order chi connectivity index (χ0) is 19.5. The van der Waals surface area contributed by atoms with Crippen LogP contribution in [-0.4, -0.2) is 29.5 Å². The summed E-state index contributed by atoms with van der Waals surface area (Å²) in [6, 6.07) is 5.05. The van der Waals surface area contributed by atoms with Gasteiger partial charge in [0.25, 0.3) is 5.69 Å². The monoisotopic (exact) mass is 399 g/mol. The lowest BCUT2D eigenvalue weighted by Crippen LogP contribution is -2.19. The number of rotatable bonds is 12. The summed E-state index contributed by atoms with van der Waals surface area (Å²) in [5.41, 5.74) is 0.119. The van der Waals surface area contributed by atoms with E-state index in [0.29, 0.717) is 35.5 Å². The number of thioether (sulfide) groups is 2. The van der Waals surface area contributed by atoms with Gasteiger partial charge in [-0.05, 0) is 36.6 Å². The van der Waals surface area contributed by atoms with E-state index in [0.717, 1.165) is 24.2 Å². The molecule has 1 rings (SSSR count). The van der Waals surface area contributed by atoms with Gasteiger partial charge in [0, 0.05) is 16.7 Å². The average Bonchev–Trinajstić information content (AvgIpc) is 2.61. The highest BCUT2D eigenvalue weighted by Crippen LogP contribution is 2.32. The fourth-order valence-electron chi connectivity index (χ4n) is 2.50. The summed E-state index contributed by atoms with van der Waals surface area (Å²) in [5.74, 6) is 1.36. The lowest BCUT2D eigenvalue weighted by atomic mass is 9.91. The van der Waals surface area contributed by atoms with Crippen LogP contribution in [0.5, 0.6) is 0 Å². The number of nitro benzene ring substituents is 1. The molecule has 146 valence electrons. The second-order valence-electron chi connectivity index (χ2n) is 6.52. The number of benzene rings is 1. The zero-order valence-electron chi connectivity index (χ0n) is 16.0. The Kier molecular flexibility index (Phi) is 10.7. The number of nitrogens with zero attached hydrogens (tertiary/aromatic N) is 1. The fraction of sp³-hybridized carbons (Fsp3) is 0.632. The molecule has 0 radical (unpaired) electrons. The van der Waals surface area contributed by atoms with Crippen molar-refractivity contribution in [3.05, 3.63) is 28.3 Å². The summed E-state index contributed by atoms with van der Waals surface area (Å²) in [4.78, 5) is 24.1. The molecule has 5 nitrogen and oxygen atoms in total. The van der Waals surface area contributed by atoms with Crippen LogP contribution in [0.3, 0.4) is 0 Å². The molecule has 0 N–H and O–H groups in total. The number of carbonyl (C=O) groups is 1. The highest BCUT2D eigenvalue weighted by molar-refractivity contribution is 7.99. The number of hydrogen-bond acceptors (Lipinski definition) is 6. The summed E-state index contributed by atoms with van der Waals surface area (Å²) in [5, 5.41) is 11.0. The maximum absolute atomic E-state index is 12.0. The van der Waals surface area contributed by atoms with Crippen molar-refractivity contribution in [2.75, 3.05) is 18.6 Å². The van der Waals surface area contributed by atoms with Crippen LogP contribution in [0.25, 0.3) is 0 Å².